The first-order valence-corrected chi connectivity index (χ1v) is 7.49. The molecule has 2 rings (SSSR count). The van der Waals surface area contributed by atoms with Crippen molar-refractivity contribution in [1.82, 2.24) is 9.80 Å². The predicted octanol–water partition coefficient (Wildman–Crippen LogP) is 1.23. The molecule has 2 amide bonds. The second-order valence-electron chi connectivity index (χ2n) is 5.47. The van der Waals surface area contributed by atoms with Crippen LogP contribution in [0.15, 0.2) is 24.3 Å². The molecule has 1 aliphatic rings. The number of piperazine rings is 1. The number of amides is 2. The van der Waals surface area contributed by atoms with Gasteiger partial charge in [-0.05, 0) is 24.1 Å². The average Bonchev–Trinajstić information content (AvgIpc) is 2.49. The zero-order valence-corrected chi connectivity index (χ0v) is 12.5. The first-order valence-electron chi connectivity index (χ1n) is 7.49. The Morgan fingerprint density at radius 2 is 1.71 bits per heavy atom. The normalized spacial score (nSPS) is 16.0. The molecule has 0 aliphatic carbocycles. The third-order valence-corrected chi connectivity index (χ3v) is 3.83. The van der Waals surface area contributed by atoms with Crippen LogP contribution >= 0.6 is 0 Å². The SMILES string of the molecule is CCCC(=O)N1CCN(Cc2ccc(C(N)=O)cc2)CC1. The van der Waals surface area contributed by atoms with E-state index in [-0.39, 0.29) is 5.91 Å². The lowest BCUT2D eigenvalue weighted by atomic mass is 10.1. The van der Waals surface area contributed by atoms with Crippen LogP contribution < -0.4 is 5.73 Å². The summed E-state index contributed by atoms with van der Waals surface area (Å²) in [6, 6.07) is 7.40. The van der Waals surface area contributed by atoms with E-state index >= 15 is 0 Å². The zero-order chi connectivity index (χ0) is 15.2. The summed E-state index contributed by atoms with van der Waals surface area (Å²) >= 11 is 0. The highest BCUT2D eigenvalue weighted by atomic mass is 16.2. The fraction of sp³-hybridized carbons (Fsp3) is 0.500. The topological polar surface area (TPSA) is 66.6 Å². The van der Waals surface area contributed by atoms with E-state index in [0.29, 0.717) is 12.0 Å². The molecule has 1 aromatic rings. The highest BCUT2D eigenvalue weighted by molar-refractivity contribution is 5.92. The molecule has 0 aromatic heterocycles. The molecule has 1 aromatic carbocycles. The summed E-state index contributed by atoms with van der Waals surface area (Å²) in [6.45, 7) is 6.27. The lowest BCUT2D eigenvalue weighted by molar-refractivity contribution is -0.133. The Morgan fingerprint density at radius 3 is 2.24 bits per heavy atom. The highest BCUT2D eigenvalue weighted by Gasteiger charge is 2.20. The number of nitrogens with two attached hydrogens (primary N) is 1. The Labute approximate surface area is 125 Å². The van der Waals surface area contributed by atoms with Crippen LogP contribution in [0.2, 0.25) is 0 Å². The lowest BCUT2D eigenvalue weighted by Gasteiger charge is -2.34. The average molecular weight is 289 g/mol. The highest BCUT2D eigenvalue weighted by Crippen LogP contribution is 2.11. The standard InChI is InChI=1S/C16H23N3O2/c1-2-3-15(20)19-10-8-18(9-11-19)12-13-4-6-14(7-5-13)16(17)21/h4-7H,2-3,8-12H2,1H3,(H2,17,21). The van der Waals surface area contributed by atoms with E-state index in [1.807, 2.05) is 24.0 Å². The molecule has 1 heterocycles. The minimum atomic E-state index is -0.399. The maximum atomic E-state index is 11.8. The number of hydrogen-bond acceptors (Lipinski definition) is 3. The minimum Gasteiger partial charge on any atom is -0.366 e. The first kappa shape index (κ1) is 15.5. The van der Waals surface area contributed by atoms with Crippen LogP contribution in [-0.4, -0.2) is 47.8 Å². The molecule has 5 heteroatoms. The van der Waals surface area contributed by atoms with E-state index in [4.69, 9.17) is 5.73 Å². The summed E-state index contributed by atoms with van der Waals surface area (Å²) in [6.07, 6.45) is 1.56. The van der Waals surface area contributed by atoms with Crippen LogP contribution in [0.3, 0.4) is 0 Å². The predicted molar refractivity (Wildman–Crippen MR) is 81.7 cm³/mol. The van der Waals surface area contributed by atoms with Crippen molar-refractivity contribution < 1.29 is 9.59 Å². The van der Waals surface area contributed by atoms with Crippen molar-refractivity contribution in [3.63, 3.8) is 0 Å². The molecule has 1 aliphatic heterocycles. The maximum absolute atomic E-state index is 11.8. The van der Waals surface area contributed by atoms with Crippen LogP contribution in [-0.2, 0) is 11.3 Å². The van der Waals surface area contributed by atoms with Crippen LogP contribution in [0.1, 0.15) is 35.7 Å². The minimum absolute atomic E-state index is 0.267. The number of primary amides is 1. The van der Waals surface area contributed by atoms with Crippen molar-refractivity contribution in [2.75, 3.05) is 26.2 Å². The summed E-state index contributed by atoms with van der Waals surface area (Å²) in [5.74, 6) is -0.132. The second-order valence-corrected chi connectivity index (χ2v) is 5.47. The number of carbonyl (C=O) groups excluding carboxylic acids is 2. The molecule has 0 radical (unpaired) electrons. The third-order valence-electron chi connectivity index (χ3n) is 3.83. The van der Waals surface area contributed by atoms with E-state index in [2.05, 4.69) is 4.90 Å². The number of rotatable bonds is 5. The molecular weight excluding hydrogens is 266 g/mol. The molecule has 0 unspecified atom stereocenters. The zero-order valence-electron chi connectivity index (χ0n) is 12.5. The number of benzene rings is 1. The van der Waals surface area contributed by atoms with E-state index in [1.165, 1.54) is 0 Å². The van der Waals surface area contributed by atoms with E-state index in [9.17, 15) is 9.59 Å². The smallest absolute Gasteiger partial charge is 0.248 e. The van der Waals surface area contributed by atoms with Gasteiger partial charge in [0.2, 0.25) is 11.8 Å². The van der Waals surface area contributed by atoms with Gasteiger partial charge in [-0.15, -0.1) is 0 Å². The summed E-state index contributed by atoms with van der Waals surface area (Å²) in [7, 11) is 0. The summed E-state index contributed by atoms with van der Waals surface area (Å²) < 4.78 is 0. The van der Waals surface area contributed by atoms with Gasteiger partial charge in [0, 0.05) is 44.7 Å². The number of nitrogens with zero attached hydrogens (tertiary/aromatic N) is 2. The fourth-order valence-electron chi connectivity index (χ4n) is 2.56. The van der Waals surface area contributed by atoms with Gasteiger partial charge in [-0.2, -0.15) is 0 Å². The Balaban J connectivity index is 1.83. The molecule has 2 N–H and O–H groups in total. The van der Waals surface area contributed by atoms with E-state index < -0.39 is 5.91 Å². The maximum Gasteiger partial charge on any atom is 0.248 e. The van der Waals surface area contributed by atoms with Gasteiger partial charge in [0.05, 0.1) is 0 Å². The van der Waals surface area contributed by atoms with Crippen LogP contribution in [0, 0.1) is 0 Å². The van der Waals surface area contributed by atoms with Gasteiger partial charge in [0.1, 0.15) is 0 Å². The van der Waals surface area contributed by atoms with Crippen molar-refractivity contribution in [3.8, 4) is 0 Å². The molecule has 1 saturated heterocycles. The monoisotopic (exact) mass is 289 g/mol. The fourth-order valence-corrected chi connectivity index (χ4v) is 2.56. The van der Waals surface area contributed by atoms with E-state index in [0.717, 1.165) is 44.7 Å². The third kappa shape index (κ3) is 4.29. The van der Waals surface area contributed by atoms with Gasteiger partial charge in [-0.25, -0.2) is 0 Å². The van der Waals surface area contributed by atoms with E-state index in [1.54, 1.807) is 12.1 Å². The number of carbonyl (C=O) groups is 2. The van der Waals surface area contributed by atoms with Crippen LogP contribution in [0.5, 0.6) is 0 Å². The summed E-state index contributed by atoms with van der Waals surface area (Å²) in [5.41, 5.74) is 6.93. The van der Waals surface area contributed by atoms with Crippen LogP contribution in [0.4, 0.5) is 0 Å². The van der Waals surface area contributed by atoms with Crippen molar-refractivity contribution in [2.24, 2.45) is 5.73 Å². The largest absolute Gasteiger partial charge is 0.366 e. The van der Waals surface area contributed by atoms with Gasteiger partial charge in [0.15, 0.2) is 0 Å². The molecular formula is C16H23N3O2. The lowest BCUT2D eigenvalue weighted by Crippen LogP contribution is -2.48. The van der Waals surface area contributed by atoms with Gasteiger partial charge in [-0.1, -0.05) is 19.1 Å². The molecule has 5 nitrogen and oxygen atoms in total. The molecule has 0 atom stereocenters. The Morgan fingerprint density at radius 1 is 1.10 bits per heavy atom. The quantitative estimate of drug-likeness (QED) is 0.886. The van der Waals surface area contributed by atoms with Crippen molar-refractivity contribution >= 4 is 11.8 Å². The first-order chi connectivity index (χ1) is 10.1. The summed E-state index contributed by atoms with van der Waals surface area (Å²) in [4.78, 5) is 27.1. The van der Waals surface area contributed by atoms with Gasteiger partial charge >= 0.3 is 0 Å². The Bertz CT molecular complexity index is 491. The Hall–Kier alpha value is -1.88. The van der Waals surface area contributed by atoms with Crippen molar-refractivity contribution in [2.45, 2.75) is 26.3 Å². The molecule has 0 bridgehead atoms. The molecule has 114 valence electrons. The molecule has 1 fully saturated rings. The molecule has 21 heavy (non-hydrogen) atoms. The van der Waals surface area contributed by atoms with Gasteiger partial charge < -0.3 is 10.6 Å². The van der Waals surface area contributed by atoms with Crippen molar-refractivity contribution in [1.29, 1.82) is 0 Å². The van der Waals surface area contributed by atoms with Crippen molar-refractivity contribution in [3.05, 3.63) is 35.4 Å². The summed E-state index contributed by atoms with van der Waals surface area (Å²) in [5, 5.41) is 0. The van der Waals surface area contributed by atoms with Gasteiger partial charge in [0.25, 0.3) is 0 Å². The molecule has 0 spiro atoms. The Kier molecular flexibility index (Phi) is 5.33. The van der Waals surface area contributed by atoms with Crippen LogP contribution in [0.25, 0.3) is 0 Å². The van der Waals surface area contributed by atoms with Gasteiger partial charge in [-0.3, -0.25) is 14.5 Å². The molecule has 0 saturated carbocycles. The second kappa shape index (κ2) is 7.22. The number of hydrogen-bond donors (Lipinski definition) is 1.